The van der Waals surface area contributed by atoms with Crippen LogP contribution in [0.1, 0.15) is 5.56 Å². The van der Waals surface area contributed by atoms with Crippen LogP contribution < -0.4 is 10.2 Å². The average molecular weight is 387 g/mol. The molecule has 1 aliphatic heterocycles. The lowest BCUT2D eigenvalue weighted by Gasteiger charge is -2.33. The van der Waals surface area contributed by atoms with Crippen molar-refractivity contribution in [1.82, 2.24) is 10.2 Å². The Kier molecular flexibility index (Phi) is 5.24. The minimum Gasteiger partial charge on any atom is -0.350 e. The molecule has 3 amide bonds. The smallest absolute Gasteiger partial charge is 0.316 e. The minimum atomic E-state index is -0.654. The van der Waals surface area contributed by atoms with E-state index in [2.05, 4.69) is 5.32 Å². The third kappa shape index (κ3) is 3.96. The minimum absolute atomic E-state index is 0.124. The number of anilines is 1. The Labute approximate surface area is 168 Å². The molecule has 1 saturated heterocycles. The molecule has 0 aromatic heterocycles. The van der Waals surface area contributed by atoms with E-state index in [-0.39, 0.29) is 12.5 Å². The lowest BCUT2D eigenvalue weighted by atomic mass is 10.1. The summed E-state index contributed by atoms with van der Waals surface area (Å²) in [6.45, 7) is 0.926. The van der Waals surface area contributed by atoms with E-state index in [0.29, 0.717) is 19.6 Å². The topological polar surface area (TPSA) is 69.7 Å². The van der Waals surface area contributed by atoms with Crippen molar-refractivity contribution in [2.24, 2.45) is 0 Å². The second-order valence-corrected chi connectivity index (χ2v) is 6.94. The molecule has 0 spiro atoms. The molecule has 0 atom stereocenters. The van der Waals surface area contributed by atoms with E-state index in [4.69, 9.17) is 0 Å². The molecule has 4 rings (SSSR count). The van der Waals surface area contributed by atoms with Crippen molar-refractivity contribution in [3.63, 3.8) is 0 Å². The molecule has 0 saturated carbocycles. The number of rotatable bonds is 5. The maximum Gasteiger partial charge on any atom is 0.316 e. The zero-order chi connectivity index (χ0) is 20.2. The van der Waals surface area contributed by atoms with Crippen LogP contribution in [-0.4, -0.2) is 42.3 Å². The third-order valence-corrected chi connectivity index (χ3v) is 5.03. The highest BCUT2D eigenvalue weighted by atomic mass is 16.2. The first kappa shape index (κ1) is 18.7. The van der Waals surface area contributed by atoms with E-state index in [1.54, 1.807) is 0 Å². The van der Waals surface area contributed by atoms with E-state index in [1.165, 1.54) is 9.80 Å². The Bertz CT molecular complexity index is 1060. The van der Waals surface area contributed by atoms with E-state index in [1.807, 2.05) is 72.8 Å². The molecule has 0 unspecified atom stereocenters. The highest BCUT2D eigenvalue weighted by molar-refractivity contribution is 6.41. The average Bonchev–Trinajstić information content (AvgIpc) is 2.76. The lowest BCUT2D eigenvalue weighted by molar-refractivity contribution is -0.147. The zero-order valence-corrected chi connectivity index (χ0v) is 15.9. The summed E-state index contributed by atoms with van der Waals surface area (Å²) in [4.78, 5) is 40.4. The van der Waals surface area contributed by atoms with Crippen LogP contribution in [-0.2, 0) is 20.9 Å². The molecule has 3 aromatic carbocycles. The van der Waals surface area contributed by atoms with Gasteiger partial charge in [0, 0.05) is 25.0 Å². The monoisotopic (exact) mass is 387 g/mol. The van der Waals surface area contributed by atoms with Crippen molar-refractivity contribution in [3.8, 4) is 0 Å². The fourth-order valence-corrected chi connectivity index (χ4v) is 3.52. The number of nitrogens with one attached hydrogen (secondary N) is 1. The van der Waals surface area contributed by atoms with Gasteiger partial charge in [-0.15, -0.1) is 0 Å². The lowest BCUT2D eigenvalue weighted by Crippen LogP contribution is -2.56. The van der Waals surface area contributed by atoms with Crippen LogP contribution in [0.2, 0.25) is 0 Å². The van der Waals surface area contributed by atoms with Gasteiger partial charge in [0.1, 0.15) is 6.54 Å². The predicted molar refractivity (Wildman–Crippen MR) is 111 cm³/mol. The number of amides is 3. The molecule has 6 heteroatoms. The Morgan fingerprint density at radius 2 is 1.55 bits per heavy atom. The number of fused-ring (bicyclic) bond motifs is 1. The Morgan fingerprint density at radius 3 is 2.38 bits per heavy atom. The summed E-state index contributed by atoms with van der Waals surface area (Å²) in [7, 11) is 0. The summed E-state index contributed by atoms with van der Waals surface area (Å²) in [5.41, 5.74) is 1.69. The molecule has 0 bridgehead atoms. The number of nitrogens with zero attached hydrogens (tertiary/aromatic N) is 2. The van der Waals surface area contributed by atoms with Gasteiger partial charge in [-0.2, -0.15) is 0 Å². The molecule has 0 radical (unpaired) electrons. The summed E-state index contributed by atoms with van der Waals surface area (Å²) in [6.07, 6.45) is 0. The number of hydrogen-bond acceptors (Lipinski definition) is 3. The van der Waals surface area contributed by atoms with Crippen LogP contribution in [0.5, 0.6) is 0 Å². The van der Waals surface area contributed by atoms with E-state index in [9.17, 15) is 14.4 Å². The SMILES string of the molecule is O=C(CN1CCN(c2cccc3ccccc23)C(=O)C1=O)NCc1ccccc1. The molecular weight excluding hydrogens is 366 g/mol. The van der Waals surface area contributed by atoms with Gasteiger partial charge >= 0.3 is 11.8 Å². The van der Waals surface area contributed by atoms with Crippen molar-refractivity contribution in [2.75, 3.05) is 24.5 Å². The quantitative estimate of drug-likeness (QED) is 0.683. The van der Waals surface area contributed by atoms with Crippen molar-refractivity contribution < 1.29 is 14.4 Å². The highest BCUT2D eigenvalue weighted by Crippen LogP contribution is 2.28. The molecule has 0 aliphatic carbocycles. The van der Waals surface area contributed by atoms with Gasteiger partial charge in [-0.05, 0) is 17.0 Å². The molecule has 1 N–H and O–H groups in total. The Balaban J connectivity index is 1.42. The van der Waals surface area contributed by atoms with Crippen molar-refractivity contribution in [1.29, 1.82) is 0 Å². The first-order valence-electron chi connectivity index (χ1n) is 9.52. The second kappa shape index (κ2) is 8.14. The van der Waals surface area contributed by atoms with Gasteiger partial charge in [0.05, 0.1) is 5.69 Å². The molecule has 1 aliphatic rings. The van der Waals surface area contributed by atoms with Gasteiger partial charge in [-0.1, -0.05) is 66.7 Å². The molecule has 1 heterocycles. The van der Waals surface area contributed by atoms with Gasteiger partial charge in [0.15, 0.2) is 0 Å². The van der Waals surface area contributed by atoms with Crippen LogP contribution in [0.4, 0.5) is 5.69 Å². The largest absolute Gasteiger partial charge is 0.350 e. The summed E-state index contributed by atoms with van der Waals surface area (Å²) in [5.74, 6) is -1.55. The standard InChI is InChI=1S/C23H21N3O3/c27-21(24-15-17-7-2-1-3-8-17)16-25-13-14-26(23(29)22(25)28)20-12-6-10-18-9-4-5-11-19(18)20/h1-12H,13-16H2,(H,24,27). The number of piperazine rings is 1. The van der Waals surface area contributed by atoms with Crippen LogP contribution in [0.15, 0.2) is 72.8 Å². The molecule has 29 heavy (non-hydrogen) atoms. The fraction of sp³-hybridized carbons (Fsp3) is 0.174. The number of benzene rings is 3. The maximum absolute atomic E-state index is 12.7. The molecule has 6 nitrogen and oxygen atoms in total. The summed E-state index contributed by atoms with van der Waals surface area (Å²) in [6, 6.07) is 23.0. The second-order valence-electron chi connectivity index (χ2n) is 6.94. The van der Waals surface area contributed by atoms with E-state index < -0.39 is 11.8 Å². The van der Waals surface area contributed by atoms with E-state index >= 15 is 0 Å². The third-order valence-electron chi connectivity index (χ3n) is 5.03. The Hall–Kier alpha value is -3.67. The van der Waals surface area contributed by atoms with Gasteiger partial charge in [-0.25, -0.2) is 0 Å². The first-order chi connectivity index (χ1) is 14.1. The van der Waals surface area contributed by atoms with Crippen LogP contribution in [0, 0.1) is 0 Å². The van der Waals surface area contributed by atoms with Crippen LogP contribution in [0.3, 0.4) is 0 Å². The van der Waals surface area contributed by atoms with Crippen LogP contribution in [0.25, 0.3) is 10.8 Å². The van der Waals surface area contributed by atoms with E-state index in [0.717, 1.165) is 22.0 Å². The summed E-state index contributed by atoms with van der Waals surface area (Å²) >= 11 is 0. The zero-order valence-electron chi connectivity index (χ0n) is 15.9. The molecule has 3 aromatic rings. The molecule has 1 fully saturated rings. The summed E-state index contributed by atoms with van der Waals surface area (Å²) < 4.78 is 0. The highest BCUT2D eigenvalue weighted by Gasteiger charge is 2.34. The van der Waals surface area contributed by atoms with Gasteiger partial charge < -0.3 is 15.1 Å². The molecular formula is C23H21N3O3. The first-order valence-corrected chi connectivity index (χ1v) is 9.52. The maximum atomic E-state index is 12.7. The Morgan fingerprint density at radius 1 is 0.828 bits per heavy atom. The number of carbonyl (C=O) groups is 3. The van der Waals surface area contributed by atoms with Gasteiger partial charge in [-0.3, -0.25) is 14.4 Å². The number of hydrogen-bond donors (Lipinski definition) is 1. The van der Waals surface area contributed by atoms with Gasteiger partial charge in [0.2, 0.25) is 5.91 Å². The van der Waals surface area contributed by atoms with Gasteiger partial charge in [0.25, 0.3) is 0 Å². The molecule has 146 valence electrons. The van der Waals surface area contributed by atoms with Crippen molar-refractivity contribution in [2.45, 2.75) is 6.54 Å². The van der Waals surface area contributed by atoms with Crippen molar-refractivity contribution >= 4 is 34.2 Å². The fourth-order valence-electron chi connectivity index (χ4n) is 3.52. The van der Waals surface area contributed by atoms with Crippen LogP contribution >= 0.6 is 0 Å². The predicted octanol–water partition coefficient (Wildman–Crippen LogP) is 2.33. The van der Waals surface area contributed by atoms with Crippen molar-refractivity contribution in [3.05, 3.63) is 78.4 Å². The summed E-state index contributed by atoms with van der Waals surface area (Å²) in [5, 5.41) is 4.72. The number of carbonyl (C=O) groups excluding carboxylic acids is 3. The normalized spacial score (nSPS) is 14.3.